The minimum absolute atomic E-state index is 0.0763. The summed E-state index contributed by atoms with van der Waals surface area (Å²) in [6.45, 7) is 0. The molecule has 0 amide bonds. The number of hydrogen-bond acceptors (Lipinski definition) is 5. The van der Waals surface area contributed by atoms with Crippen LogP contribution in [0.15, 0.2) is 68.9 Å². The van der Waals surface area contributed by atoms with Gasteiger partial charge in [-0.05, 0) is 52.9 Å². The zero-order valence-corrected chi connectivity index (χ0v) is 16.1. The van der Waals surface area contributed by atoms with Gasteiger partial charge < -0.3 is 9.32 Å². The number of sulfone groups is 1. The number of anilines is 1. The van der Waals surface area contributed by atoms with Gasteiger partial charge in [0, 0.05) is 23.2 Å². The maximum absolute atomic E-state index is 12.9. The van der Waals surface area contributed by atoms with Crippen molar-refractivity contribution in [3.05, 3.63) is 58.2 Å². The molecule has 5 nitrogen and oxygen atoms in total. The third-order valence-electron chi connectivity index (χ3n) is 3.37. The highest BCUT2D eigenvalue weighted by atomic mass is 127. The number of hydrogen-bond donors (Lipinski definition) is 0. The van der Waals surface area contributed by atoms with Crippen LogP contribution in [0.1, 0.15) is 0 Å². The van der Waals surface area contributed by atoms with Crippen molar-refractivity contribution in [3.8, 4) is 11.5 Å². The van der Waals surface area contributed by atoms with Crippen molar-refractivity contribution < 1.29 is 12.8 Å². The van der Waals surface area contributed by atoms with Crippen LogP contribution in [0.2, 0.25) is 0 Å². The van der Waals surface area contributed by atoms with Gasteiger partial charge in [0.1, 0.15) is 0 Å². The summed E-state index contributed by atoms with van der Waals surface area (Å²) in [6.07, 6.45) is 0. The van der Waals surface area contributed by atoms with Crippen LogP contribution >= 0.6 is 22.6 Å². The molecule has 0 atom stereocenters. The highest BCUT2D eigenvalue weighted by Crippen LogP contribution is 2.33. The summed E-state index contributed by atoms with van der Waals surface area (Å²) < 4.78 is 32.6. The van der Waals surface area contributed by atoms with Crippen molar-refractivity contribution in [3.63, 3.8) is 0 Å². The van der Waals surface area contributed by atoms with Gasteiger partial charge in [-0.15, -0.1) is 0 Å². The molecule has 0 radical (unpaired) electrons. The second-order valence-electron chi connectivity index (χ2n) is 5.35. The van der Waals surface area contributed by atoms with Gasteiger partial charge in [0.05, 0.1) is 4.90 Å². The first kappa shape index (κ1) is 17.0. The summed E-state index contributed by atoms with van der Waals surface area (Å²) in [5.41, 5.74) is 0.736. The number of oxazole rings is 1. The normalized spacial score (nSPS) is 11.5. The zero-order chi connectivity index (χ0) is 17.3. The van der Waals surface area contributed by atoms with E-state index in [1.54, 1.807) is 49.3 Å². The van der Waals surface area contributed by atoms with Gasteiger partial charge in [-0.25, -0.2) is 8.42 Å². The second kappa shape index (κ2) is 6.56. The molecular weight excluding hydrogens is 439 g/mol. The van der Waals surface area contributed by atoms with Crippen LogP contribution in [0.25, 0.3) is 11.5 Å². The zero-order valence-electron chi connectivity index (χ0n) is 13.1. The van der Waals surface area contributed by atoms with Crippen molar-refractivity contribution in [1.82, 2.24) is 4.98 Å². The van der Waals surface area contributed by atoms with E-state index in [1.807, 2.05) is 24.3 Å². The van der Waals surface area contributed by atoms with Crippen molar-refractivity contribution in [2.24, 2.45) is 0 Å². The van der Waals surface area contributed by atoms with E-state index >= 15 is 0 Å². The Labute approximate surface area is 154 Å². The van der Waals surface area contributed by atoms with E-state index in [4.69, 9.17) is 4.42 Å². The van der Waals surface area contributed by atoms with Crippen molar-refractivity contribution in [2.75, 3.05) is 19.0 Å². The molecule has 124 valence electrons. The van der Waals surface area contributed by atoms with E-state index in [0.717, 1.165) is 9.13 Å². The number of nitrogens with zero attached hydrogens (tertiary/aromatic N) is 2. The van der Waals surface area contributed by atoms with Gasteiger partial charge in [0.2, 0.25) is 26.6 Å². The molecule has 3 aromatic rings. The smallest absolute Gasteiger partial charge is 0.235 e. The molecule has 1 aromatic heterocycles. The standard InChI is InChI=1S/C17H15IN2O3S/c1-20(2)17-16(24(21,22)14-9-4-3-5-10-14)19-15(23-17)12-7-6-8-13(18)11-12/h3-11H,1-2H3. The summed E-state index contributed by atoms with van der Waals surface area (Å²) in [5.74, 6) is 0.499. The Kier molecular flexibility index (Phi) is 4.64. The highest BCUT2D eigenvalue weighted by Gasteiger charge is 2.29. The Balaban J connectivity index is 2.18. The Morgan fingerprint density at radius 1 is 1.04 bits per heavy atom. The fourth-order valence-electron chi connectivity index (χ4n) is 2.21. The summed E-state index contributed by atoms with van der Waals surface area (Å²) in [7, 11) is -0.310. The minimum Gasteiger partial charge on any atom is -0.419 e. The fourth-order valence-corrected chi connectivity index (χ4v) is 4.15. The van der Waals surface area contributed by atoms with Crippen LogP contribution in [0.3, 0.4) is 0 Å². The van der Waals surface area contributed by atoms with Crippen molar-refractivity contribution in [1.29, 1.82) is 0 Å². The van der Waals surface area contributed by atoms with Gasteiger partial charge in [0.25, 0.3) is 0 Å². The molecule has 0 spiro atoms. The van der Waals surface area contributed by atoms with Crippen LogP contribution in [0, 0.1) is 3.57 Å². The van der Waals surface area contributed by atoms with Crippen LogP contribution < -0.4 is 4.90 Å². The quantitative estimate of drug-likeness (QED) is 0.561. The third-order valence-corrected chi connectivity index (χ3v) is 5.70. The SMILES string of the molecule is CN(C)c1oc(-c2cccc(I)c2)nc1S(=O)(=O)c1ccccc1. The summed E-state index contributed by atoms with van der Waals surface area (Å²) >= 11 is 2.19. The predicted molar refractivity (Wildman–Crippen MR) is 101 cm³/mol. The van der Waals surface area contributed by atoms with Crippen molar-refractivity contribution in [2.45, 2.75) is 9.92 Å². The Morgan fingerprint density at radius 3 is 2.38 bits per heavy atom. The number of rotatable bonds is 4. The highest BCUT2D eigenvalue weighted by molar-refractivity contribution is 14.1. The van der Waals surface area contributed by atoms with E-state index in [1.165, 1.54) is 0 Å². The molecule has 24 heavy (non-hydrogen) atoms. The monoisotopic (exact) mass is 454 g/mol. The maximum Gasteiger partial charge on any atom is 0.235 e. The number of aromatic nitrogens is 1. The lowest BCUT2D eigenvalue weighted by molar-refractivity contribution is 0.564. The van der Waals surface area contributed by atoms with Gasteiger partial charge in [-0.2, -0.15) is 4.98 Å². The van der Waals surface area contributed by atoms with Gasteiger partial charge in [0.15, 0.2) is 0 Å². The van der Waals surface area contributed by atoms with E-state index < -0.39 is 9.84 Å². The van der Waals surface area contributed by atoms with Crippen LogP contribution in [0.5, 0.6) is 0 Å². The summed E-state index contributed by atoms with van der Waals surface area (Å²) in [4.78, 5) is 6.09. The third kappa shape index (κ3) is 3.18. The summed E-state index contributed by atoms with van der Waals surface area (Å²) in [5, 5.41) is -0.0763. The maximum atomic E-state index is 12.9. The molecular formula is C17H15IN2O3S. The molecule has 0 saturated carbocycles. The molecule has 0 aliphatic heterocycles. The molecule has 3 rings (SSSR count). The Hall–Kier alpha value is -1.87. The lowest BCUT2D eigenvalue weighted by Crippen LogP contribution is -2.13. The second-order valence-corrected chi connectivity index (χ2v) is 8.46. The van der Waals surface area contributed by atoms with Crippen molar-refractivity contribution >= 4 is 38.3 Å². The largest absolute Gasteiger partial charge is 0.419 e. The molecule has 0 fully saturated rings. The molecule has 7 heteroatoms. The minimum atomic E-state index is -3.76. The first-order chi connectivity index (χ1) is 11.4. The van der Waals surface area contributed by atoms with Gasteiger partial charge in [-0.3, -0.25) is 0 Å². The molecule has 1 heterocycles. The Morgan fingerprint density at radius 2 is 1.75 bits per heavy atom. The Bertz CT molecular complexity index is 967. The average Bonchev–Trinajstić information content (AvgIpc) is 3.02. The molecule has 0 aliphatic rings. The van der Waals surface area contributed by atoms with E-state index in [9.17, 15) is 8.42 Å². The first-order valence-electron chi connectivity index (χ1n) is 7.14. The van der Waals surface area contributed by atoms with Gasteiger partial charge >= 0.3 is 0 Å². The molecule has 0 bridgehead atoms. The molecule has 0 N–H and O–H groups in total. The lowest BCUT2D eigenvalue weighted by Gasteiger charge is -2.09. The van der Waals surface area contributed by atoms with Crippen LogP contribution in [-0.2, 0) is 9.84 Å². The predicted octanol–water partition coefficient (Wildman–Crippen LogP) is 3.85. The van der Waals surface area contributed by atoms with E-state index in [0.29, 0.717) is 0 Å². The lowest BCUT2D eigenvalue weighted by atomic mass is 10.2. The van der Waals surface area contributed by atoms with Crippen LogP contribution in [-0.4, -0.2) is 27.5 Å². The summed E-state index contributed by atoms with van der Waals surface area (Å²) in [6, 6.07) is 15.8. The topological polar surface area (TPSA) is 63.4 Å². The van der Waals surface area contributed by atoms with E-state index in [-0.39, 0.29) is 21.7 Å². The number of halogens is 1. The molecule has 2 aromatic carbocycles. The molecule has 0 unspecified atom stereocenters. The number of benzene rings is 2. The van der Waals surface area contributed by atoms with Gasteiger partial charge in [-0.1, -0.05) is 24.3 Å². The first-order valence-corrected chi connectivity index (χ1v) is 9.70. The van der Waals surface area contributed by atoms with E-state index in [2.05, 4.69) is 27.6 Å². The average molecular weight is 454 g/mol. The fraction of sp³-hybridized carbons (Fsp3) is 0.118. The molecule has 0 aliphatic carbocycles. The van der Waals surface area contributed by atoms with Crippen LogP contribution in [0.4, 0.5) is 5.88 Å². The molecule has 0 saturated heterocycles.